The van der Waals surface area contributed by atoms with E-state index in [1.54, 1.807) is 24.8 Å². The molecule has 0 fully saturated rings. The molecule has 1 aromatic heterocycles. The van der Waals surface area contributed by atoms with E-state index in [9.17, 15) is 9.59 Å². The van der Waals surface area contributed by atoms with Gasteiger partial charge in [0.05, 0.1) is 5.69 Å². The molecule has 5 nitrogen and oxygen atoms in total. The van der Waals surface area contributed by atoms with Crippen molar-refractivity contribution in [1.29, 1.82) is 0 Å². The van der Waals surface area contributed by atoms with Crippen LogP contribution in [0.2, 0.25) is 0 Å². The Morgan fingerprint density at radius 3 is 2.52 bits per heavy atom. The van der Waals surface area contributed by atoms with Gasteiger partial charge in [0.15, 0.2) is 0 Å². The molecular weight excluding hydrogens is 378 g/mol. The zero-order chi connectivity index (χ0) is 19.2. The largest absolute Gasteiger partial charge is 0.281 e. The second-order valence-electron chi connectivity index (χ2n) is 5.84. The van der Waals surface area contributed by atoms with Crippen molar-refractivity contribution in [3.8, 4) is 10.6 Å². The number of hydrogen-bond donors (Lipinski definition) is 2. The number of rotatable bonds is 5. The van der Waals surface area contributed by atoms with E-state index in [1.807, 2.05) is 54.8 Å². The van der Waals surface area contributed by atoms with Gasteiger partial charge < -0.3 is 0 Å². The Bertz CT molecular complexity index is 955. The van der Waals surface area contributed by atoms with Crippen molar-refractivity contribution < 1.29 is 9.59 Å². The van der Waals surface area contributed by atoms with E-state index < -0.39 is 0 Å². The first-order valence-electron chi connectivity index (χ1n) is 8.30. The molecule has 3 aromatic rings. The van der Waals surface area contributed by atoms with Crippen LogP contribution >= 0.6 is 23.1 Å². The van der Waals surface area contributed by atoms with E-state index >= 15 is 0 Å². The molecular formula is C20H19N3O2S2. The number of aromatic nitrogens is 1. The van der Waals surface area contributed by atoms with Crippen molar-refractivity contribution >= 4 is 34.9 Å². The van der Waals surface area contributed by atoms with E-state index in [4.69, 9.17) is 0 Å². The molecule has 0 radical (unpaired) electrons. The Kier molecular flexibility index (Phi) is 6.26. The highest BCUT2D eigenvalue weighted by Crippen LogP contribution is 2.27. The lowest BCUT2D eigenvalue weighted by molar-refractivity contribution is 0.0848. The van der Waals surface area contributed by atoms with Gasteiger partial charge in [-0.15, -0.1) is 11.3 Å². The number of benzene rings is 2. The van der Waals surface area contributed by atoms with Crippen molar-refractivity contribution in [2.45, 2.75) is 12.7 Å². The highest BCUT2D eigenvalue weighted by molar-refractivity contribution is 7.97. The smallest absolute Gasteiger partial charge is 0.267 e. The second kappa shape index (κ2) is 8.83. The minimum absolute atomic E-state index is 0.350. The number of amides is 2. The molecule has 7 heteroatoms. The number of hydrogen-bond acceptors (Lipinski definition) is 5. The van der Waals surface area contributed by atoms with E-state index in [2.05, 4.69) is 15.8 Å². The van der Waals surface area contributed by atoms with Crippen molar-refractivity contribution in [3.63, 3.8) is 0 Å². The third kappa shape index (κ3) is 4.75. The Morgan fingerprint density at radius 1 is 1.04 bits per heavy atom. The van der Waals surface area contributed by atoms with Crippen LogP contribution in [0.1, 0.15) is 31.3 Å². The zero-order valence-corrected chi connectivity index (χ0v) is 16.6. The lowest BCUT2D eigenvalue weighted by Crippen LogP contribution is -2.41. The molecule has 3 rings (SSSR count). The van der Waals surface area contributed by atoms with Crippen molar-refractivity contribution in [1.82, 2.24) is 15.8 Å². The standard InChI is InChI=1S/C20H19N3O2S2/c1-13-17(27-20(21-13)15-8-4-3-5-9-15)19(25)23-22-18(24)16-10-6-7-14(11-16)12-26-2/h3-11H,12H2,1-2H3,(H,22,24)(H,23,25). The maximum Gasteiger partial charge on any atom is 0.281 e. The predicted octanol–water partition coefficient (Wildman–Crippen LogP) is 4.06. The van der Waals surface area contributed by atoms with E-state index in [0.29, 0.717) is 16.1 Å². The fourth-order valence-corrected chi connectivity index (χ4v) is 4.00. The van der Waals surface area contributed by atoms with Crippen LogP contribution in [0.25, 0.3) is 10.6 Å². The molecule has 2 N–H and O–H groups in total. The van der Waals surface area contributed by atoms with Crippen molar-refractivity contribution in [2.75, 3.05) is 6.26 Å². The molecule has 2 amide bonds. The zero-order valence-electron chi connectivity index (χ0n) is 15.0. The Hall–Kier alpha value is -2.64. The number of thioether (sulfide) groups is 1. The summed E-state index contributed by atoms with van der Waals surface area (Å²) in [7, 11) is 0. The first-order chi connectivity index (χ1) is 13.1. The normalized spacial score (nSPS) is 10.4. The highest BCUT2D eigenvalue weighted by atomic mass is 32.2. The van der Waals surface area contributed by atoms with Crippen molar-refractivity contribution in [3.05, 3.63) is 76.3 Å². The molecule has 0 saturated carbocycles. The summed E-state index contributed by atoms with van der Waals surface area (Å²) in [4.78, 5) is 29.7. The molecule has 0 aliphatic carbocycles. The summed E-state index contributed by atoms with van der Waals surface area (Å²) >= 11 is 2.99. The van der Waals surface area contributed by atoms with Crippen LogP contribution in [0.4, 0.5) is 0 Å². The quantitative estimate of drug-likeness (QED) is 0.637. The van der Waals surface area contributed by atoms with Gasteiger partial charge in [0.25, 0.3) is 11.8 Å². The highest BCUT2D eigenvalue weighted by Gasteiger charge is 2.17. The maximum absolute atomic E-state index is 12.5. The first-order valence-corrected chi connectivity index (χ1v) is 10.5. The van der Waals surface area contributed by atoms with E-state index in [0.717, 1.165) is 21.9 Å². The Morgan fingerprint density at radius 2 is 1.78 bits per heavy atom. The van der Waals surface area contributed by atoms with Gasteiger partial charge in [0.1, 0.15) is 9.88 Å². The fourth-order valence-electron chi connectivity index (χ4n) is 2.52. The summed E-state index contributed by atoms with van der Waals surface area (Å²) in [5.41, 5.74) is 8.12. The number of carbonyl (C=O) groups is 2. The van der Waals surface area contributed by atoms with Crippen LogP contribution < -0.4 is 10.9 Å². The number of thiazole rings is 1. The van der Waals surface area contributed by atoms with Gasteiger partial charge in [-0.3, -0.25) is 20.4 Å². The molecule has 1 heterocycles. The average Bonchev–Trinajstić information content (AvgIpc) is 3.09. The van der Waals surface area contributed by atoms with Crippen molar-refractivity contribution in [2.24, 2.45) is 0 Å². The van der Waals surface area contributed by atoms with Crippen LogP contribution in [0, 0.1) is 6.92 Å². The van der Waals surface area contributed by atoms with Gasteiger partial charge in [-0.1, -0.05) is 42.5 Å². The summed E-state index contributed by atoms with van der Waals surface area (Å²) < 4.78 is 0. The van der Waals surface area contributed by atoms with Crippen LogP contribution in [-0.2, 0) is 5.75 Å². The molecule has 0 saturated heterocycles. The van der Waals surface area contributed by atoms with Gasteiger partial charge in [0.2, 0.25) is 0 Å². The molecule has 0 spiro atoms. The summed E-state index contributed by atoms with van der Waals surface area (Å²) in [5, 5.41) is 0.773. The Labute approximate surface area is 166 Å². The van der Waals surface area contributed by atoms with Gasteiger partial charge in [-0.05, 0) is 30.9 Å². The predicted molar refractivity (Wildman–Crippen MR) is 111 cm³/mol. The van der Waals surface area contributed by atoms with Crippen LogP contribution in [0.3, 0.4) is 0 Å². The molecule has 0 unspecified atom stereocenters. The maximum atomic E-state index is 12.5. The molecule has 27 heavy (non-hydrogen) atoms. The second-order valence-corrected chi connectivity index (χ2v) is 7.71. The topological polar surface area (TPSA) is 71.1 Å². The number of nitrogens with one attached hydrogen (secondary N) is 2. The van der Waals surface area contributed by atoms with Gasteiger partial charge in [-0.2, -0.15) is 11.8 Å². The van der Waals surface area contributed by atoms with Gasteiger partial charge in [-0.25, -0.2) is 4.98 Å². The fraction of sp³-hybridized carbons (Fsp3) is 0.150. The third-order valence-electron chi connectivity index (χ3n) is 3.81. The van der Waals surface area contributed by atoms with Crippen LogP contribution in [0.5, 0.6) is 0 Å². The van der Waals surface area contributed by atoms with E-state index in [1.165, 1.54) is 11.3 Å². The lowest BCUT2D eigenvalue weighted by atomic mass is 10.1. The lowest BCUT2D eigenvalue weighted by Gasteiger charge is -2.07. The van der Waals surface area contributed by atoms with Crippen LogP contribution in [0.15, 0.2) is 54.6 Å². The summed E-state index contributed by atoms with van der Waals surface area (Å²) in [6.07, 6.45) is 2.01. The molecule has 138 valence electrons. The number of carbonyl (C=O) groups excluding carboxylic acids is 2. The molecule has 0 aliphatic rings. The summed E-state index contributed by atoms with van der Waals surface area (Å²) in [6.45, 7) is 1.78. The SMILES string of the molecule is CSCc1cccc(C(=O)NNC(=O)c2sc(-c3ccccc3)nc2C)c1. The third-order valence-corrected chi connectivity index (χ3v) is 5.64. The molecule has 0 atom stereocenters. The summed E-state index contributed by atoms with van der Waals surface area (Å²) in [6, 6.07) is 17.0. The van der Waals surface area contributed by atoms with Gasteiger partial charge in [0, 0.05) is 16.9 Å². The van der Waals surface area contributed by atoms with E-state index in [-0.39, 0.29) is 11.8 Å². The Balaban J connectivity index is 1.67. The monoisotopic (exact) mass is 397 g/mol. The average molecular weight is 398 g/mol. The first kappa shape index (κ1) is 19.1. The summed E-state index contributed by atoms with van der Waals surface area (Å²) in [5.74, 6) is 0.105. The minimum Gasteiger partial charge on any atom is -0.267 e. The number of nitrogens with zero attached hydrogens (tertiary/aromatic N) is 1. The number of hydrazine groups is 1. The van der Waals surface area contributed by atoms with Crippen LogP contribution in [-0.4, -0.2) is 23.1 Å². The molecule has 0 aliphatic heterocycles. The molecule has 0 bridgehead atoms. The number of aryl methyl sites for hydroxylation is 1. The molecule has 2 aromatic carbocycles. The van der Waals surface area contributed by atoms with Gasteiger partial charge >= 0.3 is 0 Å². The minimum atomic E-state index is -0.374.